The van der Waals surface area contributed by atoms with E-state index in [0.29, 0.717) is 4.88 Å². The molecule has 0 aliphatic heterocycles. The fraction of sp³-hybridized carbons (Fsp3) is 0.417. The maximum absolute atomic E-state index is 11.7. The third-order valence-corrected chi connectivity index (χ3v) is 3.36. The highest BCUT2D eigenvalue weighted by atomic mass is 32.1. The second-order valence-corrected chi connectivity index (χ2v) is 5.05. The van der Waals surface area contributed by atoms with Crippen LogP contribution in [0.5, 0.6) is 0 Å². The third-order valence-electron chi connectivity index (χ3n) is 2.49. The summed E-state index contributed by atoms with van der Waals surface area (Å²) in [5.74, 6) is -2.11. The lowest BCUT2D eigenvalue weighted by molar-refractivity contribution is -0.147. The molecule has 1 rings (SSSR count). The number of thiophene rings is 1. The molecule has 20 heavy (non-hydrogen) atoms. The number of aliphatic carboxylic acids is 1. The summed E-state index contributed by atoms with van der Waals surface area (Å²) in [6, 6.07) is 2.64. The Morgan fingerprint density at radius 3 is 2.65 bits per heavy atom. The average molecular weight is 300 g/mol. The lowest BCUT2D eigenvalue weighted by Gasteiger charge is -2.14. The zero-order valence-corrected chi connectivity index (χ0v) is 11.6. The van der Waals surface area contributed by atoms with Gasteiger partial charge in [-0.05, 0) is 18.4 Å². The first-order valence-electron chi connectivity index (χ1n) is 5.94. The molecule has 8 heteroatoms. The molecule has 2 unspecified atom stereocenters. The van der Waals surface area contributed by atoms with E-state index in [2.05, 4.69) is 10.6 Å². The van der Waals surface area contributed by atoms with Crippen LogP contribution >= 0.6 is 11.3 Å². The van der Waals surface area contributed by atoms with Crippen LogP contribution in [-0.2, 0) is 9.59 Å². The Labute approximate surface area is 119 Å². The van der Waals surface area contributed by atoms with E-state index in [4.69, 9.17) is 10.2 Å². The van der Waals surface area contributed by atoms with Gasteiger partial charge in [-0.25, -0.2) is 4.79 Å². The van der Waals surface area contributed by atoms with E-state index in [-0.39, 0.29) is 18.9 Å². The van der Waals surface area contributed by atoms with Gasteiger partial charge in [0.1, 0.15) is 6.04 Å². The molecule has 0 saturated carbocycles. The molecule has 0 saturated heterocycles. The highest BCUT2D eigenvalue weighted by Gasteiger charge is 2.18. The van der Waals surface area contributed by atoms with E-state index >= 15 is 0 Å². The maximum Gasteiger partial charge on any atom is 0.332 e. The predicted molar refractivity (Wildman–Crippen MR) is 72.5 cm³/mol. The van der Waals surface area contributed by atoms with E-state index < -0.39 is 24.0 Å². The molecule has 7 nitrogen and oxygen atoms in total. The number of carboxylic acid groups (broad SMARTS) is 1. The quantitative estimate of drug-likeness (QED) is 0.557. The Balaban J connectivity index is 2.32. The van der Waals surface area contributed by atoms with Crippen molar-refractivity contribution in [2.75, 3.05) is 6.54 Å². The number of aliphatic hydroxyl groups excluding tert-OH is 1. The van der Waals surface area contributed by atoms with Gasteiger partial charge < -0.3 is 20.8 Å². The molecule has 1 aromatic heterocycles. The first-order valence-corrected chi connectivity index (χ1v) is 6.82. The molecule has 0 aromatic carbocycles. The molecular weight excluding hydrogens is 284 g/mol. The van der Waals surface area contributed by atoms with E-state index in [1.165, 1.54) is 18.3 Å². The molecule has 0 bridgehead atoms. The van der Waals surface area contributed by atoms with Crippen LogP contribution in [0.3, 0.4) is 0 Å². The van der Waals surface area contributed by atoms with Gasteiger partial charge in [-0.15, -0.1) is 11.3 Å². The van der Waals surface area contributed by atoms with Gasteiger partial charge in [0.25, 0.3) is 5.91 Å². The molecule has 0 aliphatic carbocycles. The molecule has 110 valence electrons. The first kappa shape index (κ1) is 16.1. The van der Waals surface area contributed by atoms with Crippen molar-refractivity contribution >= 4 is 29.1 Å². The van der Waals surface area contributed by atoms with Crippen LogP contribution in [0.25, 0.3) is 0 Å². The van der Waals surface area contributed by atoms with Crippen molar-refractivity contribution in [3.05, 3.63) is 22.4 Å². The Bertz CT molecular complexity index is 474. The van der Waals surface area contributed by atoms with E-state index in [9.17, 15) is 14.4 Å². The maximum atomic E-state index is 11.7. The highest BCUT2D eigenvalue weighted by Crippen LogP contribution is 2.08. The van der Waals surface area contributed by atoms with Crippen LogP contribution in [0, 0.1) is 0 Å². The summed E-state index contributed by atoms with van der Waals surface area (Å²) in [6.07, 6.45) is -1.60. The first-order chi connectivity index (χ1) is 9.41. The van der Waals surface area contributed by atoms with Crippen molar-refractivity contribution in [1.82, 2.24) is 10.6 Å². The summed E-state index contributed by atoms with van der Waals surface area (Å²) < 4.78 is 0. The van der Waals surface area contributed by atoms with Gasteiger partial charge in [-0.1, -0.05) is 6.07 Å². The molecule has 0 fully saturated rings. The zero-order chi connectivity index (χ0) is 15.1. The minimum atomic E-state index is -1.51. The van der Waals surface area contributed by atoms with Crippen molar-refractivity contribution in [2.45, 2.75) is 25.5 Å². The predicted octanol–water partition coefficient (Wildman–Crippen LogP) is -0.182. The number of amides is 2. The zero-order valence-electron chi connectivity index (χ0n) is 10.8. The van der Waals surface area contributed by atoms with Crippen molar-refractivity contribution in [3.63, 3.8) is 0 Å². The minimum absolute atomic E-state index is 0.0194. The Morgan fingerprint density at radius 2 is 2.10 bits per heavy atom. The SMILES string of the molecule is CC(NC(=O)c1cccs1)C(=O)NCCC(O)C(=O)O. The van der Waals surface area contributed by atoms with Crippen LogP contribution in [0.1, 0.15) is 23.0 Å². The van der Waals surface area contributed by atoms with Gasteiger partial charge in [-0.3, -0.25) is 9.59 Å². The van der Waals surface area contributed by atoms with Crippen LogP contribution in [0.4, 0.5) is 0 Å². The topological polar surface area (TPSA) is 116 Å². The molecular formula is C12H16N2O5S. The number of carbonyl (C=O) groups is 3. The van der Waals surface area contributed by atoms with Crippen LogP contribution in [0.2, 0.25) is 0 Å². The molecule has 0 aliphatic rings. The van der Waals surface area contributed by atoms with Gasteiger partial charge in [0.2, 0.25) is 5.91 Å². The lowest BCUT2D eigenvalue weighted by Crippen LogP contribution is -2.45. The number of carbonyl (C=O) groups excluding carboxylic acids is 2. The minimum Gasteiger partial charge on any atom is -0.479 e. The van der Waals surface area contributed by atoms with Crippen molar-refractivity contribution in [1.29, 1.82) is 0 Å². The molecule has 1 aromatic rings. The molecule has 2 atom stereocenters. The van der Waals surface area contributed by atoms with Gasteiger partial charge in [-0.2, -0.15) is 0 Å². The molecule has 4 N–H and O–H groups in total. The van der Waals surface area contributed by atoms with Gasteiger partial charge in [0.15, 0.2) is 6.10 Å². The summed E-state index contributed by atoms with van der Waals surface area (Å²) >= 11 is 1.27. The highest BCUT2D eigenvalue weighted by molar-refractivity contribution is 7.12. The molecule has 1 heterocycles. The van der Waals surface area contributed by atoms with Gasteiger partial charge in [0.05, 0.1) is 4.88 Å². The number of nitrogens with one attached hydrogen (secondary N) is 2. The Kier molecular flexibility index (Phi) is 6.13. The molecule has 0 spiro atoms. The van der Waals surface area contributed by atoms with Crippen LogP contribution in [-0.4, -0.2) is 46.7 Å². The summed E-state index contributed by atoms with van der Waals surface area (Å²) in [5, 5.41) is 24.2. The van der Waals surface area contributed by atoms with Gasteiger partial charge >= 0.3 is 5.97 Å². The summed E-state index contributed by atoms with van der Waals surface area (Å²) in [5.41, 5.74) is 0. The summed E-state index contributed by atoms with van der Waals surface area (Å²) in [4.78, 5) is 34.2. The second kappa shape index (κ2) is 7.61. The smallest absolute Gasteiger partial charge is 0.332 e. The average Bonchev–Trinajstić information content (AvgIpc) is 2.91. The standard InChI is InChI=1S/C12H16N2O5S/c1-7(14-11(17)9-3-2-6-20-9)10(16)13-5-4-8(15)12(18)19/h2-3,6-8,15H,4-5H2,1H3,(H,13,16)(H,14,17)(H,18,19). The van der Waals surface area contributed by atoms with E-state index in [1.807, 2.05) is 0 Å². The molecule has 0 radical (unpaired) electrons. The summed E-state index contributed by atoms with van der Waals surface area (Å²) in [6.45, 7) is 1.54. The normalized spacial score (nSPS) is 13.3. The Hall–Kier alpha value is -1.93. The third kappa shape index (κ3) is 4.98. The van der Waals surface area contributed by atoms with Gasteiger partial charge in [0, 0.05) is 13.0 Å². The van der Waals surface area contributed by atoms with Crippen LogP contribution in [0.15, 0.2) is 17.5 Å². The van der Waals surface area contributed by atoms with Crippen LogP contribution < -0.4 is 10.6 Å². The Morgan fingerprint density at radius 1 is 1.40 bits per heavy atom. The number of hydrogen-bond donors (Lipinski definition) is 4. The summed E-state index contributed by atoms with van der Waals surface area (Å²) in [7, 11) is 0. The monoisotopic (exact) mass is 300 g/mol. The van der Waals surface area contributed by atoms with E-state index in [1.54, 1.807) is 17.5 Å². The fourth-order valence-electron chi connectivity index (χ4n) is 1.35. The fourth-order valence-corrected chi connectivity index (χ4v) is 1.98. The molecule has 2 amide bonds. The largest absolute Gasteiger partial charge is 0.479 e. The number of hydrogen-bond acceptors (Lipinski definition) is 5. The van der Waals surface area contributed by atoms with Crippen molar-refractivity contribution < 1.29 is 24.6 Å². The van der Waals surface area contributed by atoms with Crippen molar-refractivity contribution in [3.8, 4) is 0 Å². The number of aliphatic hydroxyl groups is 1. The number of carboxylic acids is 1. The van der Waals surface area contributed by atoms with E-state index in [0.717, 1.165) is 0 Å². The lowest BCUT2D eigenvalue weighted by atomic mass is 10.2. The van der Waals surface area contributed by atoms with Crippen molar-refractivity contribution in [2.24, 2.45) is 0 Å². The number of rotatable bonds is 7. The second-order valence-electron chi connectivity index (χ2n) is 4.11.